The largest absolute Gasteiger partial charge is 0.355 e. The van der Waals surface area contributed by atoms with Crippen LogP contribution in [0.15, 0.2) is 30.3 Å². The minimum atomic E-state index is -0.149. The van der Waals surface area contributed by atoms with Crippen LogP contribution < -0.4 is 5.32 Å². The zero-order valence-electron chi connectivity index (χ0n) is 16.2. The second-order valence-corrected chi connectivity index (χ2v) is 7.94. The van der Waals surface area contributed by atoms with Crippen LogP contribution >= 0.6 is 22.9 Å². The number of nitrogens with zero attached hydrogens (tertiary/aromatic N) is 3. The van der Waals surface area contributed by atoms with Crippen LogP contribution in [0.25, 0.3) is 10.2 Å². The average molecular weight is 419 g/mol. The van der Waals surface area contributed by atoms with Crippen LogP contribution in [0.3, 0.4) is 0 Å². The van der Waals surface area contributed by atoms with Crippen molar-refractivity contribution in [2.75, 3.05) is 19.6 Å². The molecule has 2 aromatic heterocycles. The highest BCUT2D eigenvalue weighted by Crippen LogP contribution is 2.29. The van der Waals surface area contributed by atoms with Crippen LogP contribution in [-0.2, 0) is 11.3 Å². The third kappa shape index (κ3) is 4.36. The molecule has 1 aromatic carbocycles. The molecule has 0 aliphatic rings. The summed E-state index contributed by atoms with van der Waals surface area (Å²) in [4.78, 5) is 27.9. The highest BCUT2D eigenvalue weighted by atomic mass is 35.5. The molecule has 148 valence electrons. The number of aryl methyl sites for hydroxylation is 1. The number of hydrogen-bond acceptors (Lipinski definition) is 4. The van der Waals surface area contributed by atoms with Gasteiger partial charge < -0.3 is 10.2 Å². The van der Waals surface area contributed by atoms with Gasteiger partial charge in [0.15, 0.2) is 0 Å². The summed E-state index contributed by atoms with van der Waals surface area (Å²) in [7, 11) is 0. The fraction of sp³-hybridized carbons (Fsp3) is 0.350. The van der Waals surface area contributed by atoms with E-state index in [-0.39, 0.29) is 18.4 Å². The van der Waals surface area contributed by atoms with Crippen molar-refractivity contribution in [2.24, 2.45) is 0 Å². The first kappa shape index (κ1) is 20.4. The molecule has 3 aromatic rings. The zero-order valence-corrected chi connectivity index (χ0v) is 17.7. The van der Waals surface area contributed by atoms with E-state index in [9.17, 15) is 9.59 Å². The van der Waals surface area contributed by atoms with Gasteiger partial charge in [0.05, 0.1) is 23.7 Å². The van der Waals surface area contributed by atoms with Crippen molar-refractivity contribution in [3.05, 3.63) is 51.5 Å². The maximum absolute atomic E-state index is 12.9. The number of amides is 2. The molecule has 0 aliphatic carbocycles. The molecule has 0 radical (unpaired) electrons. The third-order valence-electron chi connectivity index (χ3n) is 4.44. The Labute approximate surface area is 173 Å². The number of hydrogen-bond donors (Lipinski definition) is 1. The molecule has 3 rings (SSSR count). The zero-order chi connectivity index (χ0) is 20.3. The van der Waals surface area contributed by atoms with Gasteiger partial charge >= 0.3 is 0 Å². The number of aromatic nitrogens is 2. The van der Waals surface area contributed by atoms with Gasteiger partial charge in [0, 0.05) is 23.5 Å². The molecule has 0 fully saturated rings. The Kier molecular flexibility index (Phi) is 6.36. The first-order chi connectivity index (χ1) is 13.4. The summed E-state index contributed by atoms with van der Waals surface area (Å²) in [5.41, 5.74) is 1.97. The summed E-state index contributed by atoms with van der Waals surface area (Å²) in [6, 6.07) is 9.53. The number of fused-ring (bicyclic) bond motifs is 1. The molecule has 1 N–H and O–H groups in total. The van der Waals surface area contributed by atoms with E-state index in [2.05, 4.69) is 10.4 Å². The van der Waals surface area contributed by atoms with Crippen molar-refractivity contribution in [1.82, 2.24) is 20.0 Å². The van der Waals surface area contributed by atoms with Crippen molar-refractivity contribution in [3.63, 3.8) is 0 Å². The van der Waals surface area contributed by atoms with E-state index < -0.39 is 0 Å². The highest BCUT2D eigenvalue weighted by molar-refractivity contribution is 7.20. The van der Waals surface area contributed by atoms with Gasteiger partial charge in [-0.2, -0.15) is 5.10 Å². The molecule has 0 bridgehead atoms. The van der Waals surface area contributed by atoms with E-state index in [0.29, 0.717) is 29.5 Å². The standard InChI is InChI=1S/C20H23ClN4O2S/c1-4-22-18(26)12-24(5-2)19(27)17-10-16-13(3)23-25(20(16)28-17)11-14-6-8-15(21)9-7-14/h6-10H,4-5,11-12H2,1-3H3,(H,22,26). The van der Waals surface area contributed by atoms with E-state index in [1.54, 1.807) is 4.90 Å². The number of likely N-dealkylation sites (N-methyl/N-ethyl adjacent to an activating group) is 2. The smallest absolute Gasteiger partial charge is 0.264 e. The van der Waals surface area contributed by atoms with Crippen molar-refractivity contribution in [1.29, 1.82) is 0 Å². The summed E-state index contributed by atoms with van der Waals surface area (Å²) in [5.74, 6) is -0.281. The van der Waals surface area contributed by atoms with E-state index in [0.717, 1.165) is 21.5 Å². The number of benzene rings is 1. The summed E-state index contributed by atoms with van der Waals surface area (Å²) < 4.78 is 1.91. The summed E-state index contributed by atoms with van der Waals surface area (Å²) in [6.07, 6.45) is 0. The molecule has 28 heavy (non-hydrogen) atoms. The Bertz CT molecular complexity index is 994. The predicted molar refractivity (Wildman–Crippen MR) is 113 cm³/mol. The maximum Gasteiger partial charge on any atom is 0.264 e. The lowest BCUT2D eigenvalue weighted by Gasteiger charge is -2.19. The summed E-state index contributed by atoms with van der Waals surface area (Å²) >= 11 is 7.37. The molecule has 0 spiro atoms. The molecule has 0 atom stereocenters. The molecule has 0 saturated heterocycles. The van der Waals surface area contributed by atoms with Crippen LogP contribution in [0.2, 0.25) is 5.02 Å². The molecular formula is C20H23ClN4O2S. The number of carbonyl (C=O) groups excluding carboxylic acids is 2. The maximum atomic E-state index is 12.9. The Morgan fingerprint density at radius 2 is 1.96 bits per heavy atom. The monoisotopic (exact) mass is 418 g/mol. The number of halogens is 1. The van der Waals surface area contributed by atoms with Crippen LogP contribution in [0.1, 0.15) is 34.8 Å². The molecule has 2 amide bonds. The van der Waals surface area contributed by atoms with E-state index in [1.807, 2.05) is 55.8 Å². The summed E-state index contributed by atoms with van der Waals surface area (Å²) in [6.45, 7) is 7.36. The number of rotatable bonds is 7. The quantitative estimate of drug-likeness (QED) is 0.636. The molecule has 0 saturated carbocycles. The number of nitrogens with one attached hydrogen (secondary N) is 1. The van der Waals surface area contributed by atoms with Crippen molar-refractivity contribution in [2.45, 2.75) is 27.3 Å². The Balaban J connectivity index is 1.86. The molecule has 0 unspecified atom stereocenters. The van der Waals surface area contributed by atoms with Gasteiger partial charge in [0.25, 0.3) is 5.91 Å². The Morgan fingerprint density at radius 1 is 1.25 bits per heavy atom. The SMILES string of the molecule is CCNC(=O)CN(CC)C(=O)c1cc2c(C)nn(Cc3ccc(Cl)cc3)c2s1. The van der Waals surface area contributed by atoms with Crippen molar-refractivity contribution < 1.29 is 9.59 Å². The minimum absolute atomic E-state index is 0.0628. The van der Waals surface area contributed by atoms with Crippen LogP contribution in [0.5, 0.6) is 0 Å². The average Bonchev–Trinajstić information content (AvgIpc) is 3.23. The minimum Gasteiger partial charge on any atom is -0.355 e. The first-order valence-electron chi connectivity index (χ1n) is 9.20. The molecule has 6 nitrogen and oxygen atoms in total. The number of carbonyl (C=O) groups is 2. The normalized spacial score (nSPS) is 11.0. The van der Waals surface area contributed by atoms with Crippen LogP contribution in [0, 0.1) is 6.92 Å². The lowest BCUT2D eigenvalue weighted by Crippen LogP contribution is -2.40. The van der Waals surface area contributed by atoms with Gasteiger partial charge in [-0.15, -0.1) is 11.3 Å². The summed E-state index contributed by atoms with van der Waals surface area (Å²) in [5, 5.41) is 9.01. The highest BCUT2D eigenvalue weighted by Gasteiger charge is 2.21. The van der Waals surface area contributed by atoms with E-state index in [4.69, 9.17) is 11.6 Å². The Morgan fingerprint density at radius 3 is 2.61 bits per heavy atom. The molecule has 0 aliphatic heterocycles. The van der Waals surface area contributed by atoms with Gasteiger partial charge in [-0.05, 0) is 44.5 Å². The van der Waals surface area contributed by atoms with Crippen LogP contribution in [0.4, 0.5) is 0 Å². The molecule has 2 heterocycles. The fourth-order valence-corrected chi connectivity index (χ4v) is 4.25. The Hall–Kier alpha value is -2.38. The predicted octanol–water partition coefficient (Wildman–Crippen LogP) is 3.71. The molecular weight excluding hydrogens is 396 g/mol. The molecule has 8 heteroatoms. The third-order valence-corrected chi connectivity index (χ3v) is 5.83. The second kappa shape index (κ2) is 8.75. The van der Waals surface area contributed by atoms with Gasteiger partial charge in [-0.1, -0.05) is 23.7 Å². The lowest BCUT2D eigenvalue weighted by atomic mass is 10.2. The van der Waals surface area contributed by atoms with Gasteiger partial charge in [0.2, 0.25) is 5.91 Å². The van der Waals surface area contributed by atoms with E-state index in [1.165, 1.54) is 11.3 Å². The van der Waals surface area contributed by atoms with Crippen LogP contribution in [-0.4, -0.2) is 46.1 Å². The van der Waals surface area contributed by atoms with Gasteiger partial charge in [-0.25, -0.2) is 0 Å². The van der Waals surface area contributed by atoms with Crippen molar-refractivity contribution >= 4 is 45.0 Å². The first-order valence-corrected chi connectivity index (χ1v) is 10.4. The number of thiophene rings is 1. The second-order valence-electron chi connectivity index (χ2n) is 6.47. The van der Waals surface area contributed by atoms with Gasteiger partial charge in [-0.3, -0.25) is 14.3 Å². The fourth-order valence-electron chi connectivity index (χ4n) is 3.00. The van der Waals surface area contributed by atoms with Gasteiger partial charge in [0.1, 0.15) is 4.83 Å². The topological polar surface area (TPSA) is 67.2 Å². The lowest BCUT2D eigenvalue weighted by molar-refractivity contribution is -0.121. The van der Waals surface area contributed by atoms with Crippen molar-refractivity contribution in [3.8, 4) is 0 Å². The van der Waals surface area contributed by atoms with E-state index >= 15 is 0 Å².